The molecule has 0 saturated heterocycles. The van der Waals surface area contributed by atoms with Gasteiger partial charge in [-0.1, -0.05) is 89.3 Å². The molecular weight excluding hydrogens is 343 g/mol. The highest BCUT2D eigenvalue weighted by molar-refractivity contribution is 7.42. The van der Waals surface area contributed by atoms with E-state index in [4.69, 9.17) is 13.6 Å². The minimum atomic E-state index is -1.29. The molecule has 1 saturated carbocycles. The second kappa shape index (κ2) is 14.4. The van der Waals surface area contributed by atoms with Gasteiger partial charge in [-0.05, 0) is 31.4 Å². The van der Waals surface area contributed by atoms with Crippen molar-refractivity contribution in [1.29, 1.82) is 0 Å². The lowest BCUT2D eigenvalue weighted by Crippen LogP contribution is -2.16. The maximum atomic E-state index is 6.19. The van der Waals surface area contributed by atoms with Crippen LogP contribution < -0.4 is 4.52 Å². The molecular formula is C22H37O3P. The summed E-state index contributed by atoms with van der Waals surface area (Å²) < 4.78 is 18.2. The van der Waals surface area contributed by atoms with Crippen molar-refractivity contribution in [2.24, 2.45) is 0 Å². The summed E-state index contributed by atoms with van der Waals surface area (Å²) in [5.74, 6) is 0.838. The van der Waals surface area contributed by atoms with Gasteiger partial charge in [-0.2, -0.15) is 0 Å². The van der Waals surface area contributed by atoms with Crippen LogP contribution in [0.4, 0.5) is 0 Å². The summed E-state index contributed by atoms with van der Waals surface area (Å²) in [4.78, 5) is 0. The third-order valence-corrected chi connectivity index (χ3v) is 6.13. The molecule has 26 heavy (non-hydrogen) atoms. The largest absolute Gasteiger partial charge is 0.427 e. The molecule has 148 valence electrons. The minimum absolute atomic E-state index is 0.303. The Kier molecular flexibility index (Phi) is 12.0. The summed E-state index contributed by atoms with van der Waals surface area (Å²) in [6.45, 7) is 3.00. The van der Waals surface area contributed by atoms with E-state index >= 15 is 0 Å². The fraction of sp³-hybridized carbons (Fsp3) is 0.727. The summed E-state index contributed by atoms with van der Waals surface area (Å²) in [6, 6.07) is 9.92. The molecule has 1 unspecified atom stereocenters. The topological polar surface area (TPSA) is 27.7 Å². The van der Waals surface area contributed by atoms with Gasteiger partial charge < -0.3 is 9.05 Å². The first kappa shape index (κ1) is 21.7. The normalized spacial score (nSPS) is 16.5. The van der Waals surface area contributed by atoms with Crippen molar-refractivity contribution >= 4 is 8.60 Å². The van der Waals surface area contributed by atoms with Crippen LogP contribution >= 0.6 is 8.60 Å². The van der Waals surface area contributed by atoms with E-state index in [1.54, 1.807) is 0 Å². The second-order valence-corrected chi connectivity index (χ2v) is 8.40. The van der Waals surface area contributed by atoms with Crippen molar-refractivity contribution in [2.45, 2.75) is 96.5 Å². The number of para-hydroxylation sites is 1. The molecule has 0 N–H and O–H groups in total. The van der Waals surface area contributed by atoms with E-state index in [0.29, 0.717) is 6.10 Å². The maximum Gasteiger partial charge on any atom is 0.397 e. The van der Waals surface area contributed by atoms with Crippen LogP contribution in [0.1, 0.15) is 90.4 Å². The smallest absolute Gasteiger partial charge is 0.397 e. The Labute approximate surface area is 161 Å². The van der Waals surface area contributed by atoms with Gasteiger partial charge in [-0.3, -0.25) is 4.52 Å². The van der Waals surface area contributed by atoms with Crippen LogP contribution in [0.2, 0.25) is 0 Å². The summed E-state index contributed by atoms with van der Waals surface area (Å²) in [6.07, 6.45) is 16.9. The maximum absolute atomic E-state index is 6.19. The lowest BCUT2D eigenvalue weighted by molar-refractivity contribution is 0.117. The van der Waals surface area contributed by atoms with Crippen molar-refractivity contribution in [3.8, 4) is 5.75 Å². The van der Waals surface area contributed by atoms with Crippen LogP contribution in [0.3, 0.4) is 0 Å². The van der Waals surface area contributed by atoms with E-state index in [9.17, 15) is 0 Å². The van der Waals surface area contributed by atoms with Crippen LogP contribution in [0, 0.1) is 0 Å². The molecule has 0 spiro atoms. The van der Waals surface area contributed by atoms with Crippen LogP contribution in [-0.4, -0.2) is 12.7 Å². The van der Waals surface area contributed by atoms with Crippen molar-refractivity contribution in [3.63, 3.8) is 0 Å². The Balaban J connectivity index is 1.64. The molecule has 1 aliphatic rings. The van der Waals surface area contributed by atoms with Gasteiger partial charge in [0.05, 0.1) is 12.7 Å². The molecule has 3 nitrogen and oxygen atoms in total. The molecule has 0 heterocycles. The Morgan fingerprint density at radius 2 is 1.50 bits per heavy atom. The van der Waals surface area contributed by atoms with Crippen molar-refractivity contribution in [2.75, 3.05) is 6.61 Å². The van der Waals surface area contributed by atoms with Gasteiger partial charge in [0.15, 0.2) is 0 Å². The molecule has 2 rings (SSSR count). The second-order valence-electron chi connectivity index (χ2n) is 7.30. The van der Waals surface area contributed by atoms with Gasteiger partial charge >= 0.3 is 8.60 Å². The van der Waals surface area contributed by atoms with Gasteiger partial charge in [0.1, 0.15) is 5.75 Å². The third-order valence-electron chi connectivity index (χ3n) is 4.91. The molecule has 0 radical (unpaired) electrons. The molecule has 1 aromatic rings. The number of unbranched alkanes of at least 4 members (excludes halogenated alkanes) is 7. The van der Waals surface area contributed by atoms with Gasteiger partial charge in [0.25, 0.3) is 0 Å². The molecule has 0 bridgehead atoms. The highest BCUT2D eigenvalue weighted by Crippen LogP contribution is 2.44. The molecule has 0 amide bonds. The molecule has 0 aliphatic heterocycles. The van der Waals surface area contributed by atoms with E-state index < -0.39 is 8.60 Å². The minimum Gasteiger partial charge on any atom is -0.427 e. The average molecular weight is 381 g/mol. The molecule has 4 heteroatoms. The van der Waals surface area contributed by atoms with Crippen molar-refractivity contribution in [1.82, 2.24) is 0 Å². The van der Waals surface area contributed by atoms with Gasteiger partial charge in [-0.25, -0.2) is 0 Å². The predicted molar refractivity (Wildman–Crippen MR) is 111 cm³/mol. The highest BCUT2D eigenvalue weighted by Gasteiger charge is 2.23. The van der Waals surface area contributed by atoms with Crippen molar-refractivity contribution in [3.05, 3.63) is 30.3 Å². The van der Waals surface area contributed by atoms with E-state index in [1.807, 2.05) is 30.3 Å². The average Bonchev–Trinajstić information content (AvgIpc) is 2.68. The molecule has 1 aliphatic carbocycles. The third kappa shape index (κ3) is 9.90. The van der Waals surface area contributed by atoms with Crippen LogP contribution in [-0.2, 0) is 9.05 Å². The molecule has 1 aromatic carbocycles. The number of hydrogen-bond acceptors (Lipinski definition) is 3. The zero-order valence-corrected chi connectivity index (χ0v) is 17.4. The van der Waals surface area contributed by atoms with Crippen molar-refractivity contribution < 1.29 is 13.6 Å². The Morgan fingerprint density at radius 1 is 0.846 bits per heavy atom. The van der Waals surface area contributed by atoms with Crippen LogP contribution in [0.15, 0.2) is 30.3 Å². The van der Waals surface area contributed by atoms with Crippen LogP contribution in [0.25, 0.3) is 0 Å². The predicted octanol–water partition coefficient (Wildman–Crippen LogP) is 7.80. The summed E-state index contributed by atoms with van der Waals surface area (Å²) in [5.41, 5.74) is 0. The quantitative estimate of drug-likeness (QED) is 0.243. The molecule has 1 atom stereocenters. The lowest BCUT2D eigenvalue weighted by atomic mass is 9.98. The summed E-state index contributed by atoms with van der Waals surface area (Å²) in [7, 11) is -1.29. The Hall–Kier alpha value is -0.630. The van der Waals surface area contributed by atoms with Gasteiger partial charge in [0.2, 0.25) is 0 Å². The lowest BCUT2D eigenvalue weighted by Gasteiger charge is -2.25. The monoisotopic (exact) mass is 380 g/mol. The molecule has 1 fully saturated rings. The zero-order chi connectivity index (χ0) is 18.3. The number of benzene rings is 1. The van der Waals surface area contributed by atoms with Crippen LogP contribution in [0.5, 0.6) is 5.75 Å². The van der Waals surface area contributed by atoms with Gasteiger partial charge in [0, 0.05) is 0 Å². The standard InChI is InChI=1S/C22H37O3P/c1-2-3-4-5-6-7-8-15-20-23-26(24-21-16-11-9-12-17-21)25-22-18-13-10-14-19-22/h9,11-12,16-17,22H,2-8,10,13-15,18-20H2,1H3. The first-order valence-electron chi connectivity index (χ1n) is 10.7. The summed E-state index contributed by atoms with van der Waals surface area (Å²) >= 11 is 0. The van der Waals surface area contributed by atoms with E-state index in [-0.39, 0.29) is 0 Å². The Bertz CT molecular complexity index is 434. The van der Waals surface area contributed by atoms with E-state index in [1.165, 1.54) is 64.2 Å². The summed E-state index contributed by atoms with van der Waals surface area (Å²) in [5, 5.41) is 0. The van der Waals surface area contributed by atoms with Gasteiger partial charge in [-0.15, -0.1) is 0 Å². The Morgan fingerprint density at radius 3 is 2.19 bits per heavy atom. The van der Waals surface area contributed by atoms with E-state index in [0.717, 1.165) is 31.6 Å². The fourth-order valence-corrected chi connectivity index (χ4v) is 4.50. The van der Waals surface area contributed by atoms with E-state index in [2.05, 4.69) is 6.92 Å². The molecule has 0 aromatic heterocycles. The zero-order valence-electron chi connectivity index (χ0n) is 16.5. The number of rotatable bonds is 14. The first-order valence-corrected chi connectivity index (χ1v) is 11.8. The first-order chi connectivity index (χ1) is 12.9. The fourth-order valence-electron chi connectivity index (χ4n) is 3.31. The highest BCUT2D eigenvalue weighted by atomic mass is 31.2. The number of hydrogen-bond donors (Lipinski definition) is 0. The SMILES string of the molecule is CCCCCCCCCCOP(Oc1ccccc1)OC1CCCCC1.